The second-order valence-electron chi connectivity index (χ2n) is 2.45. The maximum Gasteiger partial charge on any atom is 0.231 e. The van der Waals surface area contributed by atoms with Crippen molar-refractivity contribution in [1.82, 2.24) is 0 Å². The molecule has 0 radical (unpaired) electrons. The number of ether oxygens (including phenoxy) is 2. The van der Waals surface area contributed by atoms with Crippen LogP contribution < -0.4 is 9.47 Å². The molecule has 1 aliphatic heterocycles. The van der Waals surface area contributed by atoms with Crippen molar-refractivity contribution < 1.29 is 13.9 Å². The summed E-state index contributed by atoms with van der Waals surface area (Å²) in [5.74, 6) is 0.475. The van der Waals surface area contributed by atoms with Crippen molar-refractivity contribution in [2.45, 2.75) is 5.88 Å². The van der Waals surface area contributed by atoms with Crippen LogP contribution in [0.25, 0.3) is 0 Å². The van der Waals surface area contributed by atoms with Crippen LogP contribution in [-0.2, 0) is 5.88 Å². The summed E-state index contributed by atoms with van der Waals surface area (Å²) >= 11 is 5.54. The molecule has 0 bridgehead atoms. The Balaban J connectivity index is 2.51. The lowest BCUT2D eigenvalue weighted by Gasteiger charge is -1.99. The molecule has 2 nitrogen and oxygen atoms in total. The molecular formula is C8H6ClFO2. The van der Waals surface area contributed by atoms with Crippen LogP contribution in [0.1, 0.15) is 5.56 Å². The van der Waals surface area contributed by atoms with E-state index in [1.165, 1.54) is 6.07 Å². The third-order valence-electron chi connectivity index (χ3n) is 1.64. The van der Waals surface area contributed by atoms with Crippen LogP contribution in [0.5, 0.6) is 11.5 Å². The molecule has 1 aromatic carbocycles. The standard InChI is InChI=1S/C8H6ClFO2/c9-3-5-1-6(10)8-7(2-5)11-4-12-8/h1-2H,3-4H2. The molecule has 1 aromatic rings. The van der Waals surface area contributed by atoms with Gasteiger partial charge < -0.3 is 9.47 Å². The van der Waals surface area contributed by atoms with Crippen LogP contribution in [0.3, 0.4) is 0 Å². The van der Waals surface area contributed by atoms with E-state index in [4.69, 9.17) is 21.1 Å². The van der Waals surface area contributed by atoms with E-state index in [0.29, 0.717) is 11.3 Å². The number of alkyl halides is 1. The summed E-state index contributed by atoms with van der Waals surface area (Å²) in [7, 11) is 0. The highest BCUT2D eigenvalue weighted by Gasteiger charge is 2.18. The summed E-state index contributed by atoms with van der Waals surface area (Å²) in [5.41, 5.74) is 0.693. The fourth-order valence-corrected chi connectivity index (χ4v) is 1.25. The van der Waals surface area contributed by atoms with Crippen molar-refractivity contribution in [2.24, 2.45) is 0 Å². The zero-order valence-corrected chi connectivity index (χ0v) is 6.90. The van der Waals surface area contributed by atoms with Gasteiger partial charge in [-0.05, 0) is 17.7 Å². The molecule has 12 heavy (non-hydrogen) atoms. The number of fused-ring (bicyclic) bond motifs is 1. The van der Waals surface area contributed by atoms with Crippen molar-refractivity contribution in [3.63, 3.8) is 0 Å². The lowest BCUT2D eigenvalue weighted by atomic mass is 10.2. The molecule has 0 aromatic heterocycles. The van der Waals surface area contributed by atoms with E-state index in [1.54, 1.807) is 6.07 Å². The van der Waals surface area contributed by atoms with Gasteiger partial charge in [-0.2, -0.15) is 0 Å². The maximum absolute atomic E-state index is 13.1. The number of hydrogen-bond acceptors (Lipinski definition) is 2. The Hall–Kier alpha value is -0.960. The molecule has 0 amide bonds. The first kappa shape index (κ1) is 7.68. The maximum atomic E-state index is 13.1. The SMILES string of the molecule is Fc1cc(CCl)cc2c1OCO2. The lowest BCUT2D eigenvalue weighted by Crippen LogP contribution is -1.93. The van der Waals surface area contributed by atoms with Gasteiger partial charge in [-0.3, -0.25) is 0 Å². The summed E-state index contributed by atoms with van der Waals surface area (Å²) in [6.45, 7) is 0.0813. The molecule has 0 saturated heterocycles. The largest absolute Gasteiger partial charge is 0.453 e. The van der Waals surface area contributed by atoms with Gasteiger partial charge in [0.2, 0.25) is 12.5 Å². The van der Waals surface area contributed by atoms with E-state index >= 15 is 0 Å². The Labute approximate surface area is 73.9 Å². The number of benzene rings is 1. The predicted molar refractivity (Wildman–Crippen MR) is 42.1 cm³/mol. The van der Waals surface area contributed by atoms with E-state index < -0.39 is 5.82 Å². The average Bonchev–Trinajstić information content (AvgIpc) is 2.52. The molecule has 0 aliphatic carbocycles. The molecule has 0 unspecified atom stereocenters. The van der Waals surface area contributed by atoms with E-state index in [2.05, 4.69) is 0 Å². The zero-order chi connectivity index (χ0) is 8.55. The van der Waals surface area contributed by atoms with Crippen LogP contribution in [0, 0.1) is 5.82 Å². The zero-order valence-electron chi connectivity index (χ0n) is 6.14. The first-order valence-corrected chi connectivity index (χ1v) is 3.98. The Morgan fingerprint density at radius 2 is 2.25 bits per heavy atom. The molecular weight excluding hydrogens is 183 g/mol. The number of halogens is 2. The minimum absolute atomic E-state index is 0.0813. The minimum Gasteiger partial charge on any atom is -0.453 e. The van der Waals surface area contributed by atoms with Gasteiger partial charge in [-0.15, -0.1) is 11.6 Å². The topological polar surface area (TPSA) is 18.5 Å². The first-order chi connectivity index (χ1) is 5.81. The summed E-state index contributed by atoms with van der Waals surface area (Å²) in [4.78, 5) is 0. The average molecular weight is 189 g/mol. The van der Waals surface area contributed by atoms with Crippen LogP contribution in [0.15, 0.2) is 12.1 Å². The lowest BCUT2D eigenvalue weighted by molar-refractivity contribution is 0.171. The van der Waals surface area contributed by atoms with Gasteiger partial charge in [-0.1, -0.05) is 0 Å². The van der Waals surface area contributed by atoms with Crippen LogP contribution >= 0.6 is 11.6 Å². The van der Waals surface area contributed by atoms with Gasteiger partial charge in [0, 0.05) is 5.88 Å². The van der Waals surface area contributed by atoms with E-state index in [-0.39, 0.29) is 18.4 Å². The van der Waals surface area contributed by atoms with Crippen molar-refractivity contribution in [3.05, 3.63) is 23.5 Å². The van der Waals surface area contributed by atoms with Crippen LogP contribution in [-0.4, -0.2) is 6.79 Å². The van der Waals surface area contributed by atoms with E-state index in [9.17, 15) is 4.39 Å². The first-order valence-electron chi connectivity index (χ1n) is 3.45. The highest BCUT2D eigenvalue weighted by molar-refractivity contribution is 6.17. The fraction of sp³-hybridized carbons (Fsp3) is 0.250. The van der Waals surface area contributed by atoms with Gasteiger partial charge in [0.05, 0.1) is 0 Å². The Bertz CT molecular complexity index is 314. The summed E-state index contributed by atoms with van der Waals surface area (Å²) in [6.07, 6.45) is 0. The summed E-state index contributed by atoms with van der Waals surface area (Å²) in [5, 5.41) is 0. The second kappa shape index (κ2) is 2.83. The quantitative estimate of drug-likeness (QED) is 0.630. The molecule has 1 heterocycles. The molecule has 0 N–H and O–H groups in total. The molecule has 0 spiro atoms. The number of rotatable bonds is 1. The highest BCUT2D eigenvalue weighted by Crippen LogP contribution is 2.35. The van der Waals surface area contributed by atoms with Crippen LogP contribution in [0.4, 0.5) is 4.39 Å². The Kier molecular flexibility index (Phi) is 1.81. The Morgan fingerprint density at radius 1 is 1.42 bits per heavy atom. The van der Waals surface area contributed by atoms with Crippen molar-refractivity contribution >= 4 is 11.6 Å². The Morgan fingerprint density at radius 3 is 3.00 bits per heavy atom. The fourth-order valence-electron chi connectivity index (χ4n) is 1.10. The molecule has 0 atom stereocenters. The van der Waals surface area contributed by atoms with Crippen molar-refractivity contribution in [2.75, 3.05) is 6.79 Å². The third kappa shape index (κ3) is 1.10. The van der Waals surface area contributed by atoms with Gasteiger partial charge in [-0.25, -0.2) is 4.39 Å². The number of hydrogen-bond donors (Lipinski definition) is 0. The monoisotopic (exact) mass is 188 g/mol. The van der Waals surface area contributed by atoms with Crippen molar-refractivity contribution in [3.8, 4) is 11.5 Å². The smallest absolute Gasteiger partial charge is 0.231 e. The highest BCUT2D eigenvalue weighted by atomic mass is 35.5. The molecule has 0 fully saturated rings. The van der Waals surface area contributed by atoms with E-state index in [1.807, 2.05) is 0 Å². The summed E-state index contributed by atoms with van der Waals surface area (Å²) < 4.78 is 23.0. The van der Waals surface area contributed by atoms with Crippen LogP contribution in [0.2, 0.25) is 0 Å². The third-order valence-corrected chi connectivity index (χ3v) is 1.95. The van der Waals surface area contributed by atoms with Gasteiger partial charge >= 0.3 is 0 Å². The predicted octanol–water partition coefficient (Wildman–Crippen LogP) is 2.29. The van der Waals surface area contributed by atoms with Gasteiger partial charge in [0.15, 0.2) is 11.6 Å². The van der Waals surface area contributed by atoms with Gasteiger partial charge in [0.25, 0.3) is 0 Å². The molecule has 1 aliphatic rings. The second-order valence-corrected chi connectivity index (χ2v) is 2.71. The molecule has 64 valence electrons. The van der Waals surface area contributed by atoms with Gasteiger partial charge in [0.1, 0.15) is 0 Å². The molecule has 0 saturated carbocycles. The normalized spacial score (nSPS) is 13.5. The molecule has 4 heteroatoms. The summed E-state index contributed by atoms with van der Waals surface area (Å²) in [6, 6.07) is 3.03. The van der Waals surface area contributed by atoms with Crippen molar-refractivity contribution in [1.29, 1.82) is 0 Å². The van der Waals surface area contributed by atoms with E-state index in [0.717, 1.165) is 0 Å². The molecule has 2 rings (SSSR count). The minimum atomic E-state index is -0.416.